The highest BCUT2D eigenvalue weighted by atomic mass is 16.5. The first-order valence-corrected chi connectivity index (χ1v) is 7.75. The quantitative estimate of drug-likeness (QED) is 0.845. The molecule has 1 saturated carbocycles. The van der Waals surface area contributed by atoms with Crippen molar-refractivity contribution >= 4 is 11.9 Å². The number of carbonyl (C=O) groups excluding carboxylic acids is 1. The zero-order valence-electron chi connectivity index (χ0n) is 12.9. The molecule has 0 aliphatic heterocycles. The zero-order valence-corrected chi connectivity index (χ0v) is 12.9. The van der Waals surface area contributed by atoms with Gasteiger partial charge in [-0.15, -0.1) is 0 Å². The summed E-state index contributed by atoms with van der Waals surface area (Å²) in [5.41, 5.74) is 1.11. The number of ether oxygens (including phenoxy) is 1. The van der Waals surface area contributed by atoms with Crippen molar-refractivity contribution in [1.82, 2.24) is 5.32 Å². The molecule has 5 nitrogen and oxygen atoms in total. The van der Waals surface area contributed by atoms with Crippen LogP contribution >= 0.6 is 0 Å². The highest BCUT2D eigenvalue weighted by molar-refractivity contribution is 5.84. The van der Waals surface area contributed by atoms with Crippen molar-refractivity contribution in [2.24, 2.45) is 11.8 Å². The van der Waals surface area contributed by atoms with Gasteiger partial charge in [0, 0.05) is 6.54 Å². The predicted molar refractivity (Wildman–Crippen MR) is 82.8 cm³/mol. The molecule has 0 bridgehead atoms. The van der Waals surface area contributed by atoms with Gasteiger partial charge in [-0.05, 0) is 37.0 Å². The van der Waals surface area contributed by atoms with Gasteiger partial charge in [0.15, 0.2) is 0 Å². The van der Waals surface area contributed by atoms with Crippen LogP contribution in [0.2, 0.25) is 0 Å². The smallest absolute Gasteiger partial charge is 0.307 e. The lowest BCUT2D eigenvalue weighted by atomic mass is 9.78. The van der Waals surface area contributed by atoms with Gasteiger partial charge in [0.2, 0.25) is 5.91 Å². The minimum absolute atomic E-state index is 0.124. The monoisotopic (exact) mass is 305 g/mol. The molecular formula is C17H23NO4. The van der Waals surface area contributed by atoms with Crippen LogP contribution in [0.4, 0.5) is 0 Å². The molecule has 1 amide bonds. The maximum absolute atomic E-state index is 12.2. The summed E-state index contributed by atoms with van der Waals surface area (Å²) in [5.74, 6) is -1.09. The van der Waals surface area contributed by atoms with E-state index in [-0.39, 0.29) is 11.8 Å². The van der Waals surface area contributed by atoms with Gasteiger partial charge < -0.3 is 15.2 Å². The molecule has 1 aliphatic carbocycles. The Morgan fingerprint density at radius 2 is 1.82 bits per heavy atom. The summed E-state index contributed by atoms with van der Waals surface area (Å²) in [6.07, 6.45) is 3.82. The summed E-state index contributed by atoms with van der Waals surface area (Å²) in [5, 5.41) is 12.1. The van der Waals surface area contributed by atoms with Crippen LogP contribution < -0.4 is 10.1 Å². The summed E-state index contributed by atoms with van der Waals surface area (Å²) in [6.45, 7) is 0.522. The summed E-state index contributed by atoms with van der Waals surface area (Å²) in [4.78, 5) is 23.4. The first-order valence-electron chi connectivity index (χ1n) is 7.75. The third kappa shape index (κ3) is 4.23. The first-order chi connectivity index (χ1) is 10.6. The van der Waals surface area contributed by atoms with E-state index in [1.165, 1.54) is 0 Å². The lowest BCUT2D eigenvalue weighted by Gasteiger charge is -2.27. The van der Waals surface area contributed by atoms with E-state index in [0.717, 1.165) is 30.6 Å². The van der Waals surface area contributed by atoms with Gasteiger partial charge in [0.1, 0.15) is 5.75 Å². The molecule has 2 N–H and O–H groups in total. The Balaban J connectivity index is 1.82. The lowest BCUT2D eigenvalue weighted by Crippen LogP contribution is -2.40. The second-order valence-electron chi connectivity index (χ2n) is 5.72. The Labute approximate surface area is 130 Å². The van der Waals surface area contributed by atoms with E-state index in [1.807, 2.05) is 24.3 Å². The molecule has 2 rings (SSSR count). The number of amides is 1. The van der Waals surface area contributed by atoms with Crippen LogP contribution in [0, 0.1) is 11.8 Å². The van der Waals surface area contributed by atoms with Gasteiger partial charge >= 0.3 is 5.97 Å². The Morgan fingerprint density at radius 1 is 1.18 bits per heavy atom. The van der Waals surface area contributed by atoms with Crippen LogP contribution in [0.1, 0.15) is 31.2 Å². The summed E-state index contributed by atoms with van der Waals surface area (Å²) >= 11 is 0. The molecule has 0 aromatic heterocycles. The van der Waals surface area contributed by atoms with Gasteiger partial charge in [-0.25, -0.2) is 0 Å². The number of benzene rings is 1. The van der Waals surface area contributed by atoms with E-state index >= 15 is 0 Å². The van der Waals surface area contributed by atoms with Gasteiger partial charge in [0.05, 0.1) is 18.9 Å². The fourth-order valence-electron chi connectivity index (χ4n) is 2.99. The number of carboxylic acid groups (broad SMARTS) is 1. The molecule has 0 unspecified atom stereocenters. The van der Waals surface area contributed by atoms with E-state index in [0.29, 0.717) is 19.4 Å². The van der Waals surface area contributed by atoms with Crippen molar-refractivity contribution in [3.8, 4) is 5.75 Å². The highest BCUT2D eigenvalue weighted by Crippen LogP contribution is 2.30. The van der Waals surface area contributed by atoms with Crippen molar-refractivity contribution < 1.29 is 19.4 Å². The van der Waals surface area contributed by atoms with Crippen LogP contribution in [-0.2, 0) is 16.0 Å². The van der Waals surface area contributed by atoms with E-state index in [1.54, 1.807) is 7.11 Å². The van der Waals surface area contributed by atoms with Crippen molar-refractivity contribution in [1.29, 1.82) is 0 Å². The number of hydrogen-bond acceptors (Lipinski definition) is 3. The van der Waals surface area contributed by atoms with Crippen LogP contribution in [0.5, 0.6) is 5.75 Å². The average Bonchev–Trinajstić information content (AvgIpc) is 2.55. The van der Waals surface area contributed by atoms with Crippen LogP contribution in [0.3, 0.4) is 0 Å². The Bertz CT molecular complexity index is 512. The number of nitrogens with one attached hydrogen (secondary N) is 1. The molecule has 0 radical (unpaired) electrons. The molecular weight excluding hydrogens is 282 g/mol. The maximum atomic E-state index is 12.2. The van der Waals surface area contributed by atoms with Crippen molar-refractivity contribution in [2.45, 2.75) is 32.1 Å². The zero-order chi connectivity index (χ0) is 15.9. The minimum atomic E-state index is -0.852. The molecule has 1 aliphatic rings. The van der Waals surface area contributed by atoms with Gasteiger partial charge in [-0.3, -0.25) is 9.59 Å². The maximum Gasteiger partial charge on any atom is 0.307 e. The normalized spacial score (nSPS) is 21.1. The van der Waals surface area contributed by atoms with Crippen LogP contribution in [-0.4, -0.2) is 30.6 Å². The van der Waals surface area contributed by atoms with Gasteiger partial charge in [-0.1, -0.05) is 25.0 Å². The van der Waals surface area contributed by atoms with E-state index < -0.39 is 11.9 Å². The van der Waals surface area contributed by atoms with Crippen molar-refractivity contribution in [3.05, 3.63) is 29.8 Å². The second-order valence-corrected chi connectivity index (χ2v) is 5.72. The fraction of sp³-hybridized carbons (Fsp3) is 0.529. The van der Waals surface area contributed by atoms with Gasteiger partial charge in [-0.2, -0.15) is 0 Å². The van der Waals surface area contributed by atoms with Crippen LogP contribution in [0.15, 0.2) is 24.3 Å². The molecule has 120 valence electrons. The molecule has 22 heavy (non-hydrogen) atoms. The molecule has 1 aromatic carbocycles. The number of hydrogen-bond donors (Lipinski definition) is 2. The highest BCUT2D eigenvalue weighted by Gasteiger charge is 2.35. The summed E-state index contributed by atoms with van der Waals surface area (Å²) in [6, 6.07) is 7.70. The number of rotatable bonds is 6. The Kier molecular flexibility index (Phi) is 5.81. The second kappa shape index (κ2) is 7.82. The van der Waals surface area contributed by atoms with E-state index in [2.05, 4.69) is 5.32 Å². The largest absolute Gasteiger partial charge is 0.497 e. The predicted octanol–water partition coefficient (Wildman–Crippen LogP) is 2.24. The Hall–Kier alpha value is -2.04. The third-order valence-electron chi connectivity index (χ3n) is 4.29. The molecule has 2 atom stereocenters. The molecule has 0 saturated heterocycles. The Morgan fingerprint density at radius 3 is 2.41 bits per heavy atom. The fourth-order valence-corrected chi connectivity index (χ4v) is 2.99. The topological polar surface area (TPSA) is 75.6 Å². The molecule has 0 spiro atoms. The lowest BCUT2D eigenvalue weighted by molar-refractivity contribution is -0.148. The summed E-state index contributed by atoms with van der Waals surface area (Å²) in [7, 11) is 1.62. The molecule has 1 fully saturated rings. The SMILES string of the molecule is COc1ccc(CCNC(=O)[C@H]2CCCC[C@H]2C(=O)O)cc1. The average molecular weight is 305 g/mol. The minimum Gasteiger partial charge on any atom is -0.497 e. The van der Waals surface area contributed by atoms with Crippen molar-refractivity contribution in [3.63, 3.8) is 0 Å². The number of carbonyl (C=O) groups is 2. The van der Waals surface area contributed by atoms with Crippen LogP contribution in [0.25, 0.3) is 0 Å². The molecule has 5 heteroatoms. The number of methoxy groups -OCH3 is 1. The number of carboxylic acids is 1. The number of aliphatic carboxylic acids is 1. The molecule has 0 heterocycles. The summed E-state index contributed by atoms with van der Waals surface area (Å²) < 4.78 is 5.10. The van der Waals surface area contributed by atoms with E-state index in [9.17, 15) is 14.7 Å². The van der Waals surface area contributed by atoms with Crippen molar-refractivity contribution in [2.75, 3.05) is 13.7 Å². The third-order valence-corrected chi connectivity index (χ3v) is 4.29. The molecule has 1 aromatic rings. The van der Waals surface area contributed by atoms with E-state index in [4.69, 9.17) is 4.74 Å². The standard InChI is InChI=1S/C17H23NO4/c1-22-13-8-6-12(7-9-13)10-11-18-16(19)14-4-2-3-5-15(14)17(20)21/h6-9,14-15H,2-5,10-11H2,1H3,(H,18,19)(H,20,21)/t14-,15+/m0/s1. The van der Waals surface area contributed by atoms with Gasteiger partial charge in [0.25, 0.3) is 0 Å². The first kappa shape index (κ1) is 16.3.